The lowest BCUT2D eigenvalue weighted by molar-refractivity contribution is 0.0574. The van der Waals surface area contributed by atoms with Crippen LogP contribution in [-0.4, -0.2) is 58.4 Å². The minimum absolute atomic E-state index is 0.159. The topological polar surface area (TPSA) is 98.3 Å². The van der Waals surface area contributed by atoms with Crippen LogP contribution in [0.4, 0.5) is 0 Å². The summed E-state index contributed by atoms with van der Waals surface area (Å²) in [5.41, 5.74) is -0.196. The monoisotopic (exact) mass is 238 g/mol. The highest BCUT2D eigenvalue weighted by Gasteiger charge is 2.31. The molecular formula is C10H14N4O3. The number of aromatic nitrogens is 2. The number of rotatable bonds is 2. The summed E-state index contributed by atoms with van der Waals surface area (Å²) in [5.74, 6) is -0.325. The van der Waals surface area contributed by atoms with Crippen molar-refractivity contribution in [3.63, 3.8) is 0 Å². The molecule has 0 aliphatic carbocycles. The number of aromatic amines is 1. The zero-order valence-corrected chi connectivity index (χ0v) is 9.38. The van der Waals surface area contributed by atoms with Crippen molar-refractivity contribution in [1.29, 1.82) is 0 Å². The zero-order chi connectivity index (χ0) is 12.4. The summed E-state index contributed by atoms with van der Waals surface area (Å²) in [5, 5.41) is 18.5. The van der Waals surface area contributed by atoms with Crippen LogP contribution in [0.5, 0.6) is 0 Å². The number of carbonyl (C=O) groups is 1. The molecule has 92 valence electrons. The van der Waals surface area contributed by atoms with E-state index in [-0.39, 0.29) is 23.2 Å². The molecule has 2 rings (SSSR count). The number of nitrogens with one attached hydrogen (secondary N) is 2. The number of carbonyl (C=O) groups excluding carboxylic acids is 1. The average Bonchev–Trinajstić information content (AvgIpc) is 2.74. The van der Waals surface area contributed by atoms with Crippen LogP contribution in [-0.2, 0) is 0 Å². The second-order valence-electron chi connectivity index (χ2n) is 4.02. The van der Waals surface area contributed by atoms with E-state index in [0.29, 0.717) is 13.1 Å². The number of likely N-dealkylation sites (N-methyl/N-ethyl adjacent to an activating group) is 1. The Balaban J connectivity index is 2.14. The standard InChI is InChI=1S/C10H14N4O3/c1-14(7-4-11-5-8(7)15)10(17)6-2-3-9(16)13-12-6/h2-3,7-8,11,15H,4-5H2,1H3,(H,13,16)/t7-,8-/m1/s1. The van der Waals surface area contributed by atoms with Crippen LogP contribution in [0.25, 0.3) is 0 Å². The van der Waals surface area contributed by atoms with Gasteiger partial charge in [-0.25, -0.2) is 5.10 Å². The van der Waals surface area contributed by atoms with Gasteiger partial charge < -0.3 is 15.3 Å². The quantitative estimate of drug-likeness (QED) is 0.563. The summed E-state index contributed by atoms with van der Waals surface area (Å²) in [6, 6.07) is 2.35. The van der Waals surface area contributed by atoms with Gasteiger partial charge in [0.15, 0.2) is 0 Å². The molecule has 7 heteroatoms. The van der Waals surface area contributed by atoms with Crippen molar-refractivity contribution < 1.29 is 9.90 Å². The van der Waals surface area contributed by atoms with Gasteiger partial charge in [0.2, 0.25) is 0 Å². The van der Waals surface area contributed by atoms with E-state index in [2.05, 4.69) is 15.5 Å². The Hall–Kier alpha value is -1.73. The molecule has 7 nitrogen and oxygen atoms in total. The lowest BCUT2D eigenvalue weighted by atomic mass is 10.2. The fraction of sp³-hybridized carbons (Fsp3) is 0.500. The molecule has 0 unspecified atom stereocenters. The van der Waals surface area contributed by atoms with E-state index in [9.17, 15) is 14.7 Å². The minimum atomic E-state index is -0.577. The average molecular weight is 238 g/mol. The van der Waals surface area contributed by atoms with Crippen LogP contribution in [0.15, 0.2) is 16.9 Å². The first kappa shape index (κ1) is 11.7. The minimum Gasteiger partial charge on any atom is -0.390 e. The second-order valence-corrected chi connectivity index (χ2v) is 4.02. The van der Waals surface area contributed by atoms with E-state index in [1.165, 1.54) is 17.0 Å². The van der Waals surface area contributed by atoms with E-state index in [1.54, 1.807) is 7.05 Å². The smallest absolute Gasteiger partial charge is 0.274 e. The maximum atomic E-state index is 12.0. The summed E-state index contributed by atoms with van der Waals surface area (Å²) in [6.07, 6.45) is -0.577. The van der Waals surface area contributed by atoms with Gasteiger partial charge in [0.25, 0.3) is 11.5 Å². The predicted molar refractivity (Wildman–Crippen MR) is 59.6 cm³/mol. The lowest BCUT2D eigenvalue weighted by Gasteiger charge is -2.25. The Bertz CT molecular complexity index is 452. The molecule has 0 radical (unpaired) electrons. The molecule has 2 atom stereocenters. The zero-order valence-electron chi connectivity index (χ0n) is 9.38. The Morgan fingerprint density at radius 1 is 1.53 bits per heavy atom. The van der Waals surface area contributed by atoms with Crippen molar-refractivity contribution >= 4 is 5.91 Å². The van der Waals surface area contributed by atoms with Gasteiger partial charge in [0, 0.05) is 26.2 Å². The maximum Gasteiger partial charge on any atom is 0.274 e. The molecule has 1 aliphatic rings. The first-order chi connectivity index (χ1) is 8.09. The van der Waals surface area contributed by atoms with Crippen molar-refractivity contribution in [1.82, 2.24) is 20.4 Å². The summed E-state index contributed by atoms with van der Waals surface area (Å²) in [7, 11) is 1.61. The first-order valence-corrected chi connectivity index (χ1v) is 5.31. The number of hydrogen-bond donors (Lipinski definition) is 3. The SMILES string of the molecule is CN(C(=O)c1ccc(=O)[nH]n1)[C@@H]1CNC[C@H]1O. The first-order valence-electron chi connectivity index (χ1n) is 5.31. The van der Waals surface area contributed by atoms with Crippen LogP contribution in [0.1, 0.15) is 10.5 Å². The van der Waals surface area contributed by atoms with Crippen LogP contribution in [0.3, 0.4) is 0 Å². The van der Waals surface area contributed by atoms with Crippen LogP contribution >= 0.6 is 0 Å². The number of nitrogens with zero attached hydrogens (tertiary/aromatic N) is 2. The Morgan fingerprint density at radius 2 is 2.29 bits per heavy atom. The molecule has 0 bridgehead atoms. The fourth-order valence-corrected chi connectivity index (χ4v) is 1.84. The molecule has 1 fully saturated rings. The third kappa shape index (κ3) is 2.34. The highest BCUT2D eigenvalue weighted by Crippen LogP contribution is 2.10. The Labute approximate surface area is 97.4 Å². The second kappa shape index (κ2) is 4.64. The van der Waals surface area contributed by atoms with Crippen molar-refractivity contribution in [3.05, 3.63) is 28.2 Å². The van der Waals surface area contributed by atoms with Crippen LogP contribution in [0, 0.1) is 0 Å². The molecular weight excluding hydrogens is 224 g/mol. The third-order valence-electron chi connectivity index (χ3n) is 2.87. The maximum absolute atomic E-state index is 12.0. The largest absolute Gasteiger partial charge is 0.390 e. The van der Waals surface area contributed by atoms with E-state index in [0.717, 1.165) is 0 Å². The van der Waals surface area contributed by atoms with E-state index in [4.69, 9.17) is 0 Å². The molecule has 17 heavy (non-hydrogen) atoms. The van der Waals surface area contributed by atoms with Gasteiger partial charge in [0.1, 0.15) is 5.69 Å². The van der Waals surface area contributed by atoms with Gasteiger partial charge in [0.05, 0.1) is 12.1 Å². The van der Waals surface area contributed by atoms with Gasteiger partial charge in [-0.15, -0.1) is 0 Å². The summed E-state index contributed by atoms with van der Waals surface area (Å²) in [4.78, 5) is 24.3. The van der Waals surface area contributed by atoms with Gasteiger partial charge in [-0.05, 0) is 6.07 Å². The molecule has 0 aromatic carbocycles. The molecule has 0 spiro atoms. The summed E-state index contributed by atoms with van der Waals surface area (Å²) in [6.45, 7) is 1.02. The normalized spacial score (nSPS) is 23.6. The number of aliphatic hydroxyl groups is 1. The van der Waals surface area contributed by atoms with E-state index in [1.807, 2.05) is 0 Å². The predicted octanol–water partition coefficient (Wildman–Crippen LogP) is -1.83. The van der Waals surface area contributed by atoms with Crippen LogP contribution < -0.4 is 10.9 Å². The Morgan fingerprint density at radius 3 is 2.82 bits per heavy atom. The molecule has 2 heterocycles. The van der Waals surface area contributed by atoms with Gasteiger partial charge >= 0.3 is 0 Å². The number of H-pyrrole nitrogens is 1. The molecule has 1 aromatic heterocycles. The van der Waals surface area contributed by atoms with Crippen molar-refractivity contribution in [2.45, 2.75) is 12.1 Å². The van der Waals surface area contributed by atoms with Crippen molar-refractivity contribution in [3.8, 4) is 0 Å². The van der Waals surface area contributed by atoms with Crippen molar-refractivity contribution in [2.24, 2.45) is 0 Å². The van der Waals surface area contributed by atoms with Gasteiger partial charge in [-0.1, -0.05) is 0 Å². The van der Waals surface area contributed by atoms with E-state index >= 15 is 0 Å². The highest BCUT2D eigenvalue weighted by molar-refractivity contribution is 5.92. The number of aliphatic hydroxyl groups excluding tert-OH is 1. The van der Waals surface area contributed by atoms with Crippen molar-refractivity contribution in [2.75, 3.05) is 20.1 Å². The number of β-amino-alcohol motifs (C(OH)–C–C–N with tert-alkyl or cyclic N) is 1. The summed E-state index contributed by atoms with van der Waals surface area (Å²) >= 11 is 0. The molecule has 1 aromatic rings. The molecule has 3 N–H and O–H groups in total. The molecule has 1 amide bonds. The molecule has 1 aliphatic heterocycles. The Kier molecular flexibility index (Phi) is 3.21. The van der Waals surface area contributed by atoms with Gasteiger partial charge in [-0.3, -0.25) is 9.59 Å². The van der Waals surface area contributed by atoms with Crippen LogP contribution in [0.2, 0.25) is 0 Å². The fourth-order valence-electron chi connectivity index (χ4n) is 1.84. The number of amides is 1. The van der Waals surface area contributed by atoms with Gasteiger partial charge in [-0.2, -0.15) is 5.10 Å². The number of hydrogen-bond acceptors (Lipinski definition) is 5. The molecule has 0 saturated carbocycles. The van der Waals surface area contributed by atoms with E-state index < -0.39 is 6.10 Å². The third-order valence-corrected chi connectivity index (χ3v) is 2.87. The highest BCUT2D eigenvalue weighted by atomic mass is 16.3. The molecule has 1 saturated heterocycles. The summed E-state index contributed by atoms with van der Waals surface area (Å²) < 4.78 is 0. The lowest BCUT2D eigenvalue weighted by Crippen LogP contribution is -2.44.